The highest BCUT2D eigenvalue weighted by Gasteiger charge is 2.16. The first-order valence-electron chi connectivity index (χ1n) is 7.69. The monoisotopic (exact) mass is 346 g/mol. The minimum atomic E-state index is -0.367. The third kappa shape index (κ3) is 4.33. The lowest BCUT2D eigenvalue weighted by molar-refractivity contribution is 0.262. The number of carbonyl (C=O) groups is 1. The number of hydrogen-bond acceptors (Lipinski definition) is 5. The lowest BCUT2D eigenvalue weighted by Crippen LogP contribution is -2.45. The van der Waals surface area contributed by atoms with Gasteiger partial charge in [-0.15, -0.1) is 0 Å². The number of urea groups is 1. The Morgan fingerprint density at radius 3 is 2.42 bits per heavy atom. The number of likely N-dealkylation sites (N-methyl/N-ethyl adjacent to an activating group) is 1. The van der Waals surface area contributed by atoms with E-state index >= 15 is 0 Å². The number of carbonyl (C=O) groups excluding carboxylic acids is 1. The zero-order valence-corrected chi connectivity index (χ0v) is 14.1. The second-order valence-electron chi connectivity index (χ2n) is 5.65. The van der Waals surface area contributed by atoms with E-state index in [2.05, 4.69) is 37.4 Å². The van der Waals surface area contributed by atoms with Gasteiger partial charge in [-0.3, -0.25) is 0 Å². The summed E-state index contributed by atoms with van der Waals surface area (Å²) in [6, 6.07) is 6.58. The van der Waals surface area contributed by atoms with Crippen LogP contribution < -0.4 is 15.5 Å². The summed E-state index contributed by atoms with van der Waals surface area (Å²) in [6.07, 6.45) is 3.22. The molecule has 1 aromatic heterocycles. The van der Waals surface area contributed by atoms with E-state index in [9.17, 15) is 4.79 Å². The Balaban J connectivity index is 1.56. The third-order valence-corrected chi connectivity index (χ3v) is 4.00. The van der Waals surface area contributed by atoms with Crippen molar-refractivity contribution in [3.63, 3.8) is 0 Å². The summed E-state index contributed by atoms with van der Waals surface area (Å²) in [5.41, 5.74) is 1.15. The van der Waals surface area contributed by atoms with Crippen molar-refractivity contribution in [2.24, 2.45) is 0 Å². The van der Waals surface area contributed by atoms with E-state index in [1.807, 2.05) is 0 Å². The maximum atomic E-state index is 12.0. The largest absolute Gasteiger partial charge is 0.338 e. The molecule has 2 heterocycles. The molecule has 2 amide bonds. The smallest absolute Gasteiger partial charge is 0.323 e. The Hall–Kier alpha value is -2.38. The summed E-state index contributed by atoms with van der Waals surface area (Å²) < 4.78 is 0. The van der Waals surface area contributed by atoms with E-state index in [-0.39, 0.29) is 6.03 Å². The molecule has 0 spiro atoms. The van der Waals surface area contributed by atoms with Crippen LogP contribution in [0.4, 0.5) is 22.1 Å². The van der Waals surface area contributed by atoms with Crippen LogP contribution in [0.3, 0.4) is 0 Å². The van der Waals surface area contributed by atoms with Gasteiger partial charge in [0.1, 0.15) is 0 Å². The lowest BCUT2D eigenvalue weighted by atomic mass is 10.3. The minimum Gasteiger partial charge on any atom is -0.338 e. The van der Waals surface area contributed by atoms with Crippen LogP contribution in [0.5, 0.6) is 0 Å². The molecule has 1 saturated heterocycles. The topological polar surface area (TPSA) is 73.4 Å². The van der Waals surface area contributed by atoms with Crippen LogP contribution in [0.1, 0.15) is 0 Å². The number of nitrogens with one attached hydrogen (secondary N) is 2. The SMILES string of the molecule is CN1CCN(c2ncc(NC(=O)Nc3cccc(Cl)c3)cn2)CC1. The molecule has 0 aliphatic carbocycles. The van der Waals surface area contributed by atoms with E-state index in [1.54, 1.807) is 36.7 Å². The third-order valence-electron chi connectivity index (χ3n) is 3.76. The number of benzene rings is 1. The number of hydrogen-bond donors (Lipinski definition) is 2. The summed E-state index contributed by atoms with van der Waals surface area (Å²) in [6.45, 7) is 3.79. The fraction of sp³-hybridized carbons (Fsp3) is 0.312. The van der Waals surface area contributed by atoms with Gasteiger partial charge in [0.2, 0.25) is 5.95 Å². The van der Waals surface area contributed by atoms with Gasteiger partial charge in [0, 0.05) is 36.9 Å². The first-order valence-corrected chi connectivity index (χ1v) is 8.07. The fourth-order valence-corrected chi connectivity index (χ4v) is 2.61. The molecule has 2 aromatic rings. The molecule has 1 aliphatic rings. The summed E-state index contributed by atoms with van der Waals surface area (Å²) in [5.74, 6) is 0.684. The van der Waals surface area contributed by atoms with Gasteiger partial charge < -0.3 is 20.4 Å². The Kier molecular flexibility index (Phi) is 5.12. The molecule has 0 unspecified atom stereocenters. The molecule has 1 fully saturated rings. The van der Waals surface area contributed by atoms with Crippen LogP contribution in [0.25, 0.3) is 0 Å². The van der Waals surface area contributed by atoms with Gasteiger partial charge in [-0.05, 0) is 25.2 Å². The van der Waals surface area contributed by atoms with E-state index in [0.717, 1.165) is 26.2 Å². The van der Waals surface area contributed by atoms with Crippen LogP contribution in [0, 0.1) is 0 Å². The maximum absolute atomic E-state index is 12.0. The number of aromatic nitrogens is 2. The van der Waals surface area contributed by atoms with Crippen LogP contribution in [-0.2, 0) is 0 Å². The van der Waals surface area contributed by atoms with Crippen molar-refractivity contribution in [1.29, 1.82) is 0 Å². The summed E-state index contributed by atoms with van der Waals surface area (Å²) >= 11 is 5.89. The normalized spacial score (nSPS) is 15.2. The number of rotatable bonds is 3. The van der Waals surface area contributed by atoms with Crippen molar-refractivity contribution in [3.8, 4) is 0 Å². The van der Waals surface area contributed by atoms with E-state index in [0.29, 0.717) is 22.3 Å². The molecule has 1 aliphatic heterocycles. The fourth-order valence-electron chi connectivity index (χ4n) is 2.42. The van der Waals surface area contributed by atoms with E-state index in [4.69, 9.17) is 11.6 Å². The van der Waals surface area contributed by atoms with Gasteiger partial charge >= 0.3 is 6.03 Å². The number of nitrogens with zero attached hydrogens (tertiary/aromatic N) is 4. The number of anilines is 3. The van der Waals surface area contributed by atoms with Crippen molar-refractivity contribution >= 4 is 35.0 Å². The van der Waals surface area contributed by atoms with Crippen LogP contribution >= 0.6 is 11.6 Å². The summed E-state index contributed by atoms with van der Waals surface area (Å²) in [5, 5.41) is 5.97. The van der Waals surface area contributed by atoms with E-state index < -0.39 is 0 Å². The number of piperazine rings is 1. The lowest BCUT2D eigenvalue weighted by Gasteiger charge is -2.32. The molecule has 0 saturated carbocycles. The predicted molar refractivity (Wildman–Crippen MR) is 95.8 cm³/mol. The average Bonchev–Trinajstić information content (AvgIpc) is 2.56. The van der Waals surface area contributed by atoms with Gasteiger partial charge in [-0.2, -0.15) is 0 Å². The van der Waals surface area contributed by atoms with Crippen LogP contribution in [0.2, 0.25) is 5.02 Å². The molecule has 1 aromatic carbocycles. The van der Waals surface area contributed by atoms with Crippen molar-refractivity contribution in [3.05, 3.63) is 41.7 Å². The minimum absolute atomic E-state index is 0.367. The molecule has 3 rings (SSSR count). The van der Waals surface area contributed by atoms with Gasteiger partial charge in [0.15, 0.2) is 0 Å². The maximum Gasteiger partial charge on any atom is 0.323 e. The molecule has 24 heavy (non-hydrogen) atoms. The molecule has 0 atom stereocenters. The molecule has 2 N–H and O–H groups in total. The second kappa shape index (κ2) is 7.46. The highest BCUT2D eigenvalue weighted by Crippen LogP contribution is 2.16. The van der Waals surface area contributed by atoms with Gasteiger partial charge in [0.25, 0.3) is 0 Å². The van der Waals surface area contributed by atoms with Gasteiger partial charge in [-0.25, -0.2) is 14.8 Å². The van der Waals surface area contributed by atoms with Crippen molar-refractivity contribution in [1.82, 2.24) is 14.9 Å². The van der Waals surface area contributed by atoms with Crippen LogP contribution in [0.15, 0.2) is 36.7 Å². The molecular formula is C16H19ClN6O. The Bertz CT molecular complexity index is 700. The molecule has 7 nitrogen and oxygen atoms in total. The first-order chi connectivity index (χ1) is 11.6. The Labute approximate surface area is 145 Å². The van der Waals surface area contributed by atoms with E-state index in [1.165, 1.54) is 0 Å². The zero-order valence-electron chi connectivity index (χ0n) is 13.4. The van der Waals surface area contributed by atoms with Crippen molar-refractivity contribution < 1.29 is 4.79 Å². The van der Waals surface area contributed by atoms with Gasteiger partial charge in [0.05, 0.1) is 18.1 Å². The standard InChI is InChI=1S/C16H19ClN6O/c1-22-5-7-23(8-6-22)15-18-10-14(11-19-15)21-16(24)20-13-4-2-3-12(17)9-13/h2-4,9-11H,5-8H2,1H3,(H2,20,21,24). The van der Waals surface area contributed by atoms with Crippen molar-refractivity contribution in [2.75, 3.05) is 48.8 Å². The second-order valence-corrected chi connectivity index (χ2v) is 6.09. The van der Waals surface area contributed by atoms with Crippen LogP contribution in [-0.4, -0.2) is 54.1 Å². The molecule has 126 valence electrons. The zero-order chi connectivity index (χ0) is 16.9. The summed E-state index contributed by atoms with van der Waals surface area (Å²) in [4.78, 5) is 25.1. The summed E-state index contributed by atoms with van der Waals surface area (Å²) in [7, 11) is 2.10. The Morgan fingerprint density at radius 1 is 1.08 bits per heavy atom. The Morgan fingerprint density at radius 2 is 1.75 bits per heavy atom. The molecule has 0 bridgehead atoms. The molecule has 8 heteroatoms. The van der Waals surface area contributed by atoms with Crippen molar-refractivity contribution in [2.45, 2.75) is 0 Å². The molecule has 0 radical (unpaired) electrons. The predicted octanol–water partition coefficient (Wildman–Crippen LogP) is 2.53. The quantitative estimate of drug-likeness (QED) is 0.893. The highest BCUT2D eigenvalue weighted by atomic mass is 35.5. The highest BCUT2D eigenvalue weighted by molar-refractivity contribution is 6.30. The first kappa shape index (κ1) is 16.5. The average molecular weight is 347 g/mol. The molecular weight excluding hydrogens is 328 g/mol. The number of amides is 2. The van der Waals surface area contributed by atoms with Gasteiger partial charge in [-0.1, -0.05) is 17.7 Å². The number of halogens is 1.